The minimum absolute atomic E-state index is 0.296. The number of nitrogens with zero attached hydrogens (tertiary/aromatic N) is 3. The summed E-state index contributed by atoms with van der Waals surface area (Å²) in [6.07, 6.45) is 0.778. The van der Waals surface area contributed by atoms with E-state index in [4.69, 9.17) is 5.11 Å². The van der Waals surface area contributed by atoms with Gasteiger partial charge in [0.1, 0.15) is 10.8 Å². The second-order valence-corrected chi connectivity index (χ2v) is 6.12. The Kier molecular flexibility index (Phi) is 5.43. The Balaban J connectivity index is 2.22. The molecule has 22 heavy (non-hydrogen) atoms. The summed E-state index contributed by atoms with van der Waals surface area (Å²) >= 11 is 1.44. The van der Waals surface area contributed by atoms with Gasteiger partial charge in [-0.3, -0.25) is 4.79 Å². The van der Waals surface area contributed by atoms with Gasteiger partial charge in [-0.15, -0.1) is 10.2 Å². The first kappa shape index (κ1) is 16.4. The van der Waals surface area contributed by atoms with Crippen LogP contribution in [0.25, 0.3) is 0 Å². The number of halogens is 1. The molecule has 1 N–H and O–H groups in total. The summed E-state index contributed by atoms with van der Waals surface area (Å²) in [6, 6.07) is 6.28. The molecule has 0 aliphatic heterocycles. The number of hydrogen-bond acceptors (Lipinski definition) is 5. The van der Waals surface area contributed by atoms with Crippen LogP contribution in [-0.2, 0) is 17.8 Å². The van der Waals surface area contributed by atoms with E-state index >= 15 is 0 Å². The predicted molar refractivity (Wildman–Crippen MR) is 83.5 cm³/mol. The van der Waals surface area contributed by atoms with Gasteiger partial charge >= 0.3 is 5.97 Å². The highest BCUT2D eigenvalue weighted by Crippen LogP contribution is 2.24. The lowest BCUT2D eigenvalue weighted by atomic mass is 10.1. The molecular formula is C15H18FN3O2S. The predicted octanol–water partition coefficient (Wildman–Crippen LogP) is 2.97. The molecule has 0 spiro atoms. The fraction of sp³-hybridized carbons (Fsp3) is 0.400. The maximum atomic E-state index is 13.3. The van der Waals surface area contributed by atoms with E-state index in [2.05, 4.69) is 10.2 Å². The maximum absolute atomic E-state index is 13.3. The monoisotopic (exact) mass is 323 g/mol. The van der Waals surface area contributed by atoms with Crippen molar-refractivity contribution in [1.82, 2.24) is 10.2 Å². The fourth-order valence-electron chi connectivity index (χ4n) is 1.99. The highest BCUT2D eigenvalue weighted by Gasteiger charge is 2.20. The van der Waals surface area contributed by atoms with Crippen LogP contribution in [0.4, 0.5) is 9.52 Å². The molecule has 7 heteroatoms. The molecule has 0 saturated carbocycles. The summed E-state index contributed by atoms with van der Waals surface area (Å²) in [4.78, 5) is 13.0. The zero-order valence-corrected chi connectivity index (χ0v) is 13.3. The Morgan fingerprint density at radius 2 is 2.23 bits per heavy atom. The van der Waals surface area contributed by atoms with Crippen LogP contribution in [0.1, 0.15) is 24.4 Å². The summed E-state index contributed by atoms with van der Waals surface area (Å²) in [5.74, 6) is -1.73. The van der Waals surface area contributed by atoms with Gasteiger partial charge in [0.2, 0.25) is 5.13 Å². The van der Waals surface area contributed by atoms with E-state index < -0.39 is 11.9 Å². The molecule has 0 saturated heterocycles. The van der Waals surface area contributed by atoms with E-state index in [-0.39, 0.29) is 5.82 Å². The lowest BCUT2D eigenvalue weighted by Gasteiger charge is -2.23. The van der Waals surface area contributed by atoms with Crippen LogP contribution < -0.4 is 4.90 Å². The highest BCUT2D eigenvalue weighted by atomic mass is 32.1. The molecule has 0 radical (unpaired) electrons. The van der Waals surface area contributed by atoms with Crippen LogP contribution in [0.3, 0.4) is 0 Å². The van der Waals surface area contributed by atoms with Crippen molar-refractivity contribution in [3.05, 3.63) is 40.7 Å². The van der Waals surface area contributed by atoms with E-state index in [0.717, 1.165) is 17.0 Å². The van der Waals surface area contributed by atoms with Crippen molar-refractivity contribution in [3.63, 3.8) is 0 Å². The number of aliphatic carboxylic acids is 1. The van der Waals surface area contributed by atoms with Gasteiger partial charge < -0.3 is 10.0 Å². The number of rotatable bonds is 7. The Hall–Kier alpha value is -2.02. The summed E-state index contributed by atoms with van der Waals surface area (Å²) in [5, 5.41) is 18.9. The van der Waals surface area contributed by atoms with Crippen molar-refractivity contribution in [2.24, 2.45) is 5.92 Å². The first-order valence-corrected chi connectivity index (χ1v) is 7.85. The number of carboxylic acid groups (broad SMARTS) is 1. The van der Waals surface area contributed by atoms with Crippen molar-refractivity contribution in [2.75, 3.05) is 11.4 Å². The van der Waals surface area contributed by atoms with Gasteiger partial charge in [-0.1, -0.05) is 37.3 Å². The molecule has 2 aromatic rings. The van der Waals surface area contributed by atoms with E-state index in [0.29, 0.717) is 18.2 Å². The van der Waals surface area contributed by atoms with Gasteiger partial charge in [0.15, 0.2) is 0 Å². The lowest BCUT2D eigenvalue weighted by molar-refractivity contribution is -0.140. The topological polar surface area (TPSA) is 66.3 Å². The van der Waals surface area contributed by atoms with E-state index in [1.807, 2.05) is 17.9 Å². The normalized spacial score (nSPS) is 12.1. The van der Waals surface area contributed by atoms with Crippen LogP contribution in [0.15, 0.2) is 24.3 Å². The summed E-state index contributed by atoms with van der Waals surface area (Å²) < 4.78 is 13.3. The summed E-state index contributed by atoms with van der Waals surface area (Å²) in [5.41, 5.74) is 0.769. The fourth-order valence-corrected chi connectivity index (χ4v) is 2.78. The SMILES string of the molecule is CCc1nnc(N(Cc2cccc(F)c2)CC(C)C(=O)O)s1. The quantitative estimate of drug-likeness (QED) is 0.848. The molecule has 1 aromatic heterocycles. The van der Waals surface area contributed by atoms with Gasteiger partial charge in [0.05, 0.1) is 5.92 Å². The average Bonchev–Trinajstić information content (AvgIpc) is 2.95. The largest absolute Gasteiger partial charge is 0.481 e. The van der Waals surface area contributed by atoms with Gasteiger partial charge in [0.25, 0.3) is 0 Å². The molecule has 5 nitrogen and oxygen atoms in total. The number of carboxylic acids is 1. The summed E-state index contributed by atoms with van der Waals surface area (Å²) in [7, 11) is 0. The van der Waals surface area contributed by atoms with E-state index in [1.54, 1.807) is 13.0 Å². The van der Waals surface area contributed by atoms with Gasteiger partial charge in [0, 0.05) is 13.1 Å². The maximum Gasteiger partial charge on any atom is 0.308 e. The molecule has 2 rings (SSSR count). The number of anilines is 1. The van der Waals surface area contributed by atoms with Crippen LogP contribution in [0.2, 0.25) is 0 Å². The zero-order chi connectivity index (χ0) is 16.1. The van der Waals surface area contributed by atoms with Crippen LogP contribution >= 0.6 is 11.3 Å². The van der Waals surface area contributed by atoms with Crippen LogP contribution in [0, 0.1) is 11.7 Å². The van der Waals surface area contributed by atoms with Gasteiger partial charge in [-0.05, 0) is 24.1 Å². The van der Waals surface area contributed by atoms with Crippen LogP contribution in [-0.4, -0.2) is 27.8 Å². The Labute approximate surface area is 132 Å². The summed E-state index contributed by atoms with van der Waals surface area (Å²) in [6.45, 7) is 4.32. The molecule has 1 unspecified atom stereocenters. The third kappa shape index (κ3) is 4.24. The Morgan fingerprint density at radius 3 is 2.82 bits per heavy atom. The molecule has 118 valence electrons. The molecule has 0 amide bonds. The molecule has 0 bridgehead atoms. The molecule has 1 atom stereocenters. The number of hydrogen-bond donors (Lipinski definition) is 1. The third-order valence-electron chi connectivity index (χ3n) is 3.21. The molecule has 1 heterocycles. The van der Waals surface area contributed by atoms with Crippen molar-refractivity contribution >= 4 is 22.4 Å². The van der Waals surface area contributed by atoms with Crippen molar-refractivity contribution < 1.29 is 14.3 Å². The van der Waals surface area contributed by atoms with E-state index in [1.165, 1.54) is 23.5 Å². The lowest BCUT2D eigenvalue weighted by Crippen LogP contribution is -2.31. The highest BCUT2D eigenvalue weighted by molar-refractivity contribution is 7.15. The molecule has 1 aromatic carbocycles. The average molecular weight is 323 g/mol. The van der Waals surface area contributed by atoms with Gasteiger partial charge in [-0.2, -0.15) is 0 Å². The Morgan fingerprint density at radius 1 is 1.45 bits per heavy atom. The van der Waals surface area contributed by atoms with E-state index in [9.17, 15) is 9.18 Å². The molecule has 0 fully saturated rings. The second-order valence-electron chi connectivity index (χ2n) is 5.08. The molecular weight excluding hydrogens is 305 g/mol. The number of aryl methyl sites for hydroxylation is 1. The molecule has 0 aliphatic carbocycles. The molecule has 0 aliphatic rings. The minimum Gasteiger partial charge on any atom is -0.481 e. The third-order valence-corrected chi connectivity index (χ3v) is 4.34. The first-order valence-electron chi connectivity index (χ1n) is 7.04. The number of benzene rings is 1. The standard InChI is InChI=1S/C15H18FN3O2S/c1-3-13-17-18-15(22-13)19(8-10(2)14(20)21)9-11-5-4-6-12(16)7-11/h4-7,10H,3,8-9H2,1-2H3,(H,20,21). The van der Waals surface area contributed by atoms with Crippen LogP contribution in [0.5, 0.6) is 0 Å². The Bertz CT molecular complexity index is 647. The zero-order valence-electron chi connectivity index (χ0n) is 12.5. The number of carbonyl (C=O) groups is 1. The minimum atomic E-state index is -0.871. The van der Waals surface area contributed by atoms with Crippen molar-refractivity contribution in [3.8, 4) is 0 Å². The van der Waals surface area contributed by atoms with Gasteiger partial charge in [-0.25, -0.2) is 4.39 Å². The second kappa shape index (κ2) is 7.31. The number of aromatic nitrogens is 2. The smallest absolute Gasteiger partial charge is 0.308 e. The first-order chi connectivity index (χ1) is 10.5. The van der Waals surface area contributed by atoms with Crippen molar-refractivity contribution in [1.29, 1.82) is 0 Å². The van der Waals surface area contributed by atoms with Crippen molar-refractivity contribution in [2.45, 2.75) is 26.8 Å².